The van der Waals surface area contributed by atoms with Gasteiger partial charge in [0.2, 0.25) is 5.91 Å². The van der Waals surface area contributed by atoms with E-state index in [2.05, 4.69) is 10.6 Å². The second-order valence-corrected chi connectivity index (χ2v) is 4.49. The number of rotatable bonds is 5. The zero-order chi connectivity index (χ0) is 12.3. The van der Waals surface area contributed by atoms with Crippen molar-refractivity contribution < 1.29 is 9.18 Å². The van der Waals surface area contributed by atoms with Gasteiger partial charge in [0, 0.05) is 13.0 Å². The molecule has 0 heterocycles. The molecule has 1 saturated carbocycles. The van der Waals surface area contributed by atoms with Gasteiger partial charge >= 0.3 is 0 Å². The minimum Gasteiger partial charge on any atom is -0.347 e. The Labute approximate surface area is 100 Å². The molecule has 1 aromatic carbocycles. The summed E-state index contributed by atoms with van der Waals surface area (Å²) in [5.74, 6) is -0.202. The maximum Gasteiger partial charge on any atom is 0.221 e. The van der Waals surface area contributed by atoms with Gasteiger partial charge in [0.25, 0.3) is 0 Å². The van der Waals surface area contributed by atoms with Crippen LogP contribution in [0.2, 0.25) is 0 Å². The van der Waals surface area contributed by atoms with Crippen LogP contribution in [0, 0.1) is 5.82 Å². The van der Waals surface area contributed by atoms with Crippen LogP contribution in [0.15, 0.2) is 24.3 Å². The van der Waals surface area contributed by atoms with Crippen molar-refractivity contribution in [2.75, 3.05) is 13.6 Å². The molecule has 0 spiro atoms. The van der Waals surface area contributed by atoms with E-state index in [0.717, 1.165) is 18.4 Å². The van der Waals surface area contributed by atoms with E-state index >= 15 is 0 Å². The van der Waals surface area contributed by atoms with Crippen LogP contribution < -0.4 is 10.6 Å². The quantitative estimate of drug-likeness (QED) is 0.814. The molecule has 2 rings (SSSR count). The third kappa shape index (κ3) is 2.82. The largest absolute Gasteiger partial charge is 0.347 e. The van der Waals surface area contributed by atoms with Crippen LogP contribution in [-0.2, 0) is 10.3 Å². The minimum absolute atomic E-state index is 0.0428. The zero-order valence-corrected chi connectivity index (χ0v) is 9.92. The van der Waals surface area contributed by atoms with Crippen LogP contribution in [0.5, 0.6) is 0 Å². The number of benzene rings is 1. The van der Waals surface area contributed by atoms with Crippen molar-refractivity contribution >= 4 is 5.91 Å². The molecule has 1 fully saturated rings. The lowest BCUT2D eigenvalue weighted by Crippen LogP contribution is -2.36. The molecule has 0 bridgehead atoms. The van der Waals surface area contributed by atoms with Crippen molar-refractivity contribution in [2.24, 2.45) is 0 Å². The van der Waals surface area contributed by atoms with Gasteiger partial charge in [-0.1, -0.05) is 12.1 Å². The van der Waals surface area contributed by atoms with Crippen molar-refractivity contribution in [3.63, 3.8) is 0 Å². The predicted octanol–water partition coefficient (Wildman–Crippen LogP) is 1.54. The summed E-state index contributed by atoms with van der Waals surface area (Å²) in [6.45, 7) is 0.672. The lowest BCUT2D eigenvalue weighted by Gasteiger charge is -2.18. The van der Waals surface area contributed by atoms with E-state index in [4.69, 9.17) is 0 Å². The molecule has 92 valence electrons. The summed E-state index contributed by atoms with van der Waals surface area (Å²) in [7, 11) is 1.82. The molecular weight excluding hydrogens is 219 g/mol. The lowest BCUT2D eigenvalue weighted by molar-refractivity contribution is -0.122. The van der Waals surface area contributed by atoms with Crippen molar-refractivity contribution in [3.05, 3.63) is 35.6 Å². The highest BCUT2D eigenvalue weighted by Gasteiger charge is 2.45. The first kappa shape index (κ1) is 12.0. The van der Waals surface area contributed by atoms with Gasteiger partial charge in [-0.25, -0.2) is 4.39 Å². The summed E-state index contributed by atoms with van der Waals surface area (Å²) in [6.07, 6.45) is 2.34. The third-order valence-electron chi connectivity index (χ3n) is 3.13. The summed E-state index contributed by atoms with van der Waals surface area (Å²) >= 11 is 0. The molecule has 0 aliphatic heterocycles. The molecule has 0 unspecified atom stereocenters. The fourth-order valence-electron chi connectivity index (χ4n) is 1.95. The molecule has 1 aliphatic carbocycles. The van der Waals surface area contributed by atoms with Crippen LogP contribution in [-0.4, -0.2) is 19.5 Å². The number of amides is 1. The zero-order valence-electron chi connectivity index (χ0n) is 9.92. The summed E-state index contributed by atoms with van der Waals surface area (Å²) in [5.41, 5.74) is 0.759. The van der Waals surface area contributed by atoms with Crippen LogP contribution in [0.3, 0.4) is 0 Å². The molecule has 1 aromatic rings. The Hall–Kier alpha value is -1.42. The third-order valence-corrected chi connectivity index (χ3v) is 3.13. The number of nitrogens with one attached hydrogen (secondary N) is 2. The predicted molar refractivity (Wildman–Crippen MR) is 64.0 cm³/mol. The number of halogens is 1. The first-order chi connectivity index (χ1) is 8.16. The maximum absolute atomic E-state index is 12.8. The Morgan fingerprint density at radius 2 is 2.00 bits per heavy atom. The number of hydrogen-bond acceptors (Lipinski definition) is 2. The van der Waals surface area contributed by atoms with E-state index in [-0.39, 0.29) is 17.3 Å². The van der Waals surface area contributed by atoms with E-state index in [0.29, 0.717) is 13.0 Å². The Morgan fingerprint density at radius 3 is 2.53 bits per heavy atom. The molecule has 1 aliphatic rings. The summed E-state index contributed by atoms with van der Waals surface area (Å²) in [6, 6.07) is 6.38. The van der Waals surface area contributed by atoms with E-state index < -0.39 is 0 Å². The van der Waals surface area contributed by atoms with Crippen LogP contribution in [0.4, 0.5) is 4.39 Å². The normalized spacial score (nSPS) is 16.6. The van der Waals surface area contributed by atoms with Gasteiger partial charge in [0.1, 0.15) is 5.82 Å². The molecule has 2 N–H and O–H groups in total. The Kier molecular flexibility index (Phi) is 3.43. The highest BCUT2D eigenvalue weighted by molar-refractivity contribution is 5.77. The Bertz CT molecular complexity index is 398. The molecule has 4 heteroatoms. The second-order valence-electron chi connectivity index (χ2n) is 4.49. The SMILES string of the molecule is CNCCC(=O)NC1(c2ccc(F)cc2)CC1. The van der Waals surface area contributed by atoms with Crippen LogP contribution in [0.1, 0.15) is 24.8 Å². The van der Waals surface area contributed by atoms with Crippen LogP contribution in [0.25, 0.3) is 0 Å². The van der Waals surface area contributed by atoms with Crippen molar-refractivity contribution in [2.45, 2.75) is 24.8 Å². The van der Waals surface area contributed by atoms with E-state index in [1.807, 2.05) is 7.05 Å². The van der Waals surface area contributed by atoms with Gasteiger partial charge in [0.05, 0.1) is 5.54 Å². The van der Waals surface area contributed by atoms with Gasteiger partial charge in [-0.05, 0) is 37.6 Å². The highest BCUT2D eigenvalue weighted by Crippen LogP contribution is 2.45. The van der Waals surface area contributed by atoms with Crippen molar-refractivity contribution in [1.82, 2.24) is 10.6 Å². The minimum atomic E-state index is -0.244. The van der Waals surface area contributed by atoms with Crippen molar-refractivity contribution in [1.29, 1.82) is 0 Å². The molecule has 17 heavy (non-hydrogen) atoms. The van der Waals surface area contributed by atoms with E-state index in [1.165, 1.54) is 12.1 Å². The monoisotopic (exact) mass is 236 g/mol. The maximum atomic E-state index is 12.8. The van der Waals surface area contributed by atoms with Gasteiger partial charge in [-0.15, -0.1) is 0 Å². The molecule has 0 saturated heterocycles. The fraction of sp³-hybridized carbons (Fsp3) is 0.462. The first-order valence-corrected chi connectivity index (χ1v) is 5.88. The average molecular weight is 236 g/mol. The molecule has 0 aromatic heterocycles. The number of carbonyl (C=O) groups is 1. The fourth-order valence-corrected chi connectivity index (χ4v) is 1.95. The number of hydrogen-bond donors (Lipinski definition) is 2. The van der Waals surface area contributed by atoms with Crippen molar-refractivity contribution in [3.8, 4) is 0 Å². The number of carbonyl (C=O) groups excluding carboxylic acids is 1. The first-order valence-electron chi connectivity index (χ1n) is 5.88. The van der Waals surface area contributed by atoms with Gasteiger partial charge < -0.3 is 10.6 Å². The van der Waals surface area contributed by atoms with Gasteiger partial charge in [-0.2, -0.15) is 0 Å². The lowest BCUT2D eigenvalue weighted by atomic mass is 10.0. The molecule has 1 amide bonds. The summed E-state index contributed by atoms with van der Waals surface area (Å²) in [4.78, 5) is 11.7. The van der Waals surface area contributed by atoms with E-state index in [1.54, 1.807) is 12.1 Å². The van der Waals surface area contributed by atoms with E-state index in [9.17, 15) is 9.18 Å². The smallest absolute Gasteiger partial charge is 0.221 e. The second kappa shape index (κ2) is 4.84. The topological polar surface area (TPSA) is 41.1 Å². The molecule has 3 nitrogen and oxygen atoms in total. The average Bonchev–Trinajstić information content (AvgIpc) is 3.08. The molecule has 0 radical (unpaired) electrons. The van der Waals surface area contributed by atoms with Gasteiger partial charge in [0.15, 0.2) is 0 Å². The van der Waals surface area contributed by atoms with Gasteiger partial charge in [-0.3, -0.25) is 4.79 Å². The standard InChI is InChI=1S/C13H17FN2O/c1-15-9-6-12(17)16-13(7-8-13)10-2-4-11(14)5-3-10/h2-5,15H,6-9H2,1H3,(H,16,17). The molecule has 0 atom stereocenters. The Morgan fingerprint density at radius 1 is 1.35 bits per heavy atom. The summed E-state index contributed by atoms with van der Waals surface area (Å²) < 4.78 is 12.8. The summed E-state index contributed by atoms with van der Waals surface area (Å²) in [5, 5.41) is 5.98. The Balaban J connectivity index is 2.00. The highest BCUT2D eigenvalue weighted by atomic mass is 19.1. The molecular formula is C13H17FN2O. The van der Waals surface area contributed by atoms with Crippen LogP contribution >= 0.6 is 0 Å².